The van der Waals surface area contributed by atoms with Crippen molar-refractivity contribution in [2.45, 2.75) is 31.8 Å². The lowest BCUT2D eigenvalue weighted by atomic mass is 10.0. The summed E-state index contributed by atoms with van der Waals surface area (Å²) in [4.78, 5) is 12.7. The van der Waals surface area contributed by atoms with Crippen molar-refractivity contribution < 1.29 is 18.3 Å². The van der Waals surface area contributed by atoms with Crippen LogP contribution >= 0.6 is 15.9 Å². The zero-order valence-corrected chi connectivity index (χ0v) is 14.6. The van der Waals surface area contributed by atoms with E-state index in [9.17, 15) is 18.3 Å². The molecule has 1 saturated heterocycles. The lowest BCUT2D eigenvalue weighted by molar-refractivity contribution is 0.137. The number of hydrogen-bond donors (Lipinski definition) is 2. The molecule has 1 aliphatic rings. The number of carbonyl (C=O) groups is 1. The van der Waals surface area contributed by atoms with Gasteiger partial charge in [-0.15, -0.1) is 0 Å². The number of hydrogen-bond acceptors (Lipinski definition) is 3. The molecule has 0 aliphatic carbocycles. The Hall–Kier alpha value is -1.12. The number of benzene rings is 1. The minimum absolute atomic E-state index is 0.0137. The molecular weight excluding hydrogens is 372 g/mol. The molecule has 8 heteroatoms. The number of carboxylic acid groups (broad SMARTS) is 1. The zero-order chi connectivity index (χ0) is 16.3. The smallest absolute Gasteiger partial charge is 0.407 e. The Bertz CT molecular complexity index is 650. The van der Waals surface area contributed by atoms with Crippen LogP contribution in [0.5, 0.6) is 0 Å². The van der Waals surface area contributed by atoms with Crippen LogP contribution in [0, 0.1) is 0 Å². The summed E-state index contributed by atoms with van der Waals surface area (Å²) in [7, 11) is -3.36. The molecular formula is C14H19BrN2O4S. The lowest BCUT2D eigenvalue weighted by Crippen LogP contribution is -2.47. The molecule has 2 atom stereocenters. The van der Waals surface area contributed by atoms with Gasteiger partial charge in [-0.25, -0.2) is 17.9 Å². The van der Waals surface area contributed by atoms with E-state index in [0.29, 0.717) is 19.4 Å². The molecule has 1 amide bonds. The molecule has 1 aromatic rings. The standard InChI is InChI=1S/C14H19BrN2O4S/c1-2-22(20,21)16-12-6-7-17(14(18)19)13(12)9-10-4-3-5-11(15)8-10/h3-5,8,12-13,16H,2,6-7,9H2,1H3,(H,18,19). The van der Waals surface area contributed by atoms with Gasteiger partial charge >= 0.3 is 6.09 Å². The summed E-state index contributed by atoms with van der Waals surface area (Å²) in [6, 6.07) is 6.82. The third-order valence-corrected chi connectivity index (χ3v) is 5.75. The zero-order valence-electron chi connectivity index (χ0n) is 12.2. The molecule has 1 aromatic carbocycles. The summed E-state index contributed by atoms with van der Waals surface area (Å²) in [5.41, 5.74) is 0.966. The van der Waals surface area contributed by atoms with Gasteiger partial charge in [0.2, 0.25) is 10.0 Å². The number of amides is 1. The average Bonchev–Trinajstić information content (AvgIpc) is 2.81. The Labute approximate surface area is 138 Å². The highest BCUT2D eigenvalue weighted by atomic mass is 79.9. The average molecular weight is 391 g/mol. The van der Waals surface area contributed by atoms with Crippen molar-refractivity contribution in [3.63, 3.8) is 0 Å². The van der Waals surface area contributed by atoms with Gasteiger partial charge < -0.3 is 10.0 Å². The second-order valence-electron chi connectivity index (χ2n) is 5.29. The molecule has 1 fully saturated rings. The number of likely N-dealkylation sites (tertiary alicyclic amines) is 1. The first-order valence-corrected chi connectivity index (χ1v) is 9.51. The topological polar surface area (TPSA) is 86.7 Å². The number of nitrogens with zero attached hydrogens (tertiary/aromatic N) is 1. The van der Waals surface area contributed by atoms with Crippen LogP contribution in [-0.2, 0) is 16.4 Å². The second-order valence-corrected chi connectivity index (χ2v) is 8.25. The maximum absolute atomic E-state index is 11.8. The van der Waals surface area contributed by atoms with Gasteiger partial charge in [0.25, 0.3) is 0 Å². The third-order valence-electron chi connectivity index (χ3n) is 3.84. The summed E-state index contributed by atoms with van der Waals surface area (Å²) in [5.74, 6) is -0.0137. The Balaban J connectivity index is 2.21. The number of rotatable bonds is 5. The van der Waals surface area contributed by atoms with Crippen molar-refractivity contribution in [3.05, 3.63) is 34.3 Å². The molecule has 0 bridgehead atoms. The van der Waals surface area contributed by atoms with Crippen molar-refractivity contribution in [3.8, 4) is 0 Å². The highest BCUT2D eigenvalue weighted by Gasteiger charge is 2.38. The summed E-state index contributed by atoms with van der Waals surface area (Å²) in [5, 5.41) is 9.33. The molecule has 6 nitrogen and oxygen atoms in total. The predicted octanol–water partition coefficient (Wildman–Crippen LogP) is 2.05. The first-order valence-electron chi connectivity index (χ1n) is 7.06. The fourth-order valence-electron chi connectivity index (χ4n) is 2.70. The van der Waals surface area contributed by atoms with E-state index in [1.54, 1.807) is 6.92 Å². The Morgan fingerprint density at radius 1 is 1.50 bits per heavy atom. The summed E-state index contributed by atoms with van der Waals surface area (Å²) >= 11 is 3.39. The van der Waals surface area contributed by atoms with Crippen molar-refractivity contribution in [2.24, 2.45) is 0 Å². The summed E-state index contributed by atoms with van der Waals surface area (Å²) in [6.45, 7) is 1.90. The third kappa shape index (κ3) is 4.21. The van der Waals surface area contributed by atoms with E-state index in [-0.39, 0.29) is 11.8 Å². The number of sulfonamides is 1. The van der Waals surface area contributed by atoms with E-state index < -0.39 is 22.2 Å². The van der Waals surface area contributed by atoms with Crippen molar-refractivity contribution >= 4 is 32.0 Å². The normalized spacial score (nSPS) is 22.0. The van der Waals surface area contributed by atoms with Crippen molar-refractivity contribution in [1.29, 1.82) is 0 Å². The largest absolute Gasteiger partial charge is 0.465 e. The van der Waals surface area contributed by atoms with Crippen molar-refractivity contribution in [2.75, 3.05) is 12.3 Å². The Morgan fingerprint density at radius 3 is 2.82 bits per heavy atom. The minimum Gasteiger partial charge on any atom is -0.465 e. The van der Waals surface area contributed by atoms with E-state index >= 15 is 0 Å². The van der Waals surface area contributed by atoms with Gasteiger partial charge in [-0.05, 0) is 37.5 Å². The molecule has 0 radical (unpaired) electrons. The molecule has 0 saturated carbocycles. The molecule has 2 rings (SSSR count). The Morgan fingerprint density at radius 2 is 2.23 bits per heavy atom. The van der Waals surface area contributed by atoms with E-state index in [0.717, 1.165) is 10.0 Å². The van der Waals surface area contributed by atoms with Gasteiger partial charge in [-0.1, -0.05) is 28.1 Å². The van der Waals surface area contributed by atoms with Crippen LogP contribution in [0.3, 0.4) is 0 Å². The Kier molecular flexibility index (Phi) is 5.46. The number of halogens is 1. The predicted molar refractivity (Wildman–Crippen MR) is 87.4 cm³/mol. The highest BCUT2D eigenvalue weighted by molar-refractivity contribution is 9.10. The van der Waals surface area contributed by atoms with Gasteiger partial charge in [0.05, 0.1) is 11.8 Å². The first kappa shape index (κ1) is 17.2. The lowest BCUT2D eigenvalue weighted by Gasteiger charge is -2.26. The van der Waals surface area contributed by atoms with Gasteiger partial charge in [0.1, 0.15) is 0 Å². The van der Waals surface area contributed by atoms with Crippen LogP contribution in [0.25, 0.3) is 0 Å². The maximum Gasteiger partial charge on any atom is 0.407 e. The summed E-state index contributed by atoms with van der Waals surface area (Å²) < 4.78 is 27.1. The SMILES string of the molecule is CCS(=O)(=O)NC1CCN(C(=O)O)C1Cc1cccc(Br)c1. The second kappa shape index (κ2) is 6.97. The quantitative estimate of drug-likeness (QED) is 0.805. The van der Waals surface area contributed by atoms with Gasteiger partial charge in [-0.3, -0.25) is 0 Å². The van der Waals surface area contributed by atoms with E-state index in [4.69, 9.17) is 0 Å². The molecule has 122 valence electrons. The molecule has 2 unspecified atom stereocenters. The monoisotopic (exact) mass is 390 g/mol. The van der Waals surface area contributed by atoms with Crippen LogP contribution < -0.4 is 4.72 Å². The first-order chi connectivity index (χ1) is 10.3. The number of nitrogens with one attached hydrogen (secondary N) is 1. The molecule has 2 N–H and O–H groups in total. The van der Waals surface area contributed by atoms with Gasteiger partial charge in [0.15, 0.2) is 0 Å². The molecule has 1 heterocycles. The van der Waals surface area contributed by atoms with Crippen LogP contribution in [0.2, 0.25) is 0 Å². The van der Waals surface area contributed by atoms with Gasteiger partial charge in [0, 0.05) is 17.1 Å². The summed E-state index contributed by atoms with van der Waals surface area (Å²) in [6.07, 6.45) is -0.0504. The van der Waals surface area contributed by atoms with E-state index in [1.807, 2.05) is 24.3 Å². The van der Waals surface area contributed by atoms with Crippen LogP contribution in [0.15, 0.2) is 28.7 Å². The fourth-order valence-corrected chi connectivity index (χ4v) is 4.05. The van der Waals surface area contributed by atoms with E-state index in [1.165, 1.54) is 4.90 Å². The highest BCUT2D eigenvalue weighted by Crippen LogP contribution is 2.24. The minimum atomic E-state index is -3.36. The van der Waals surface area contributed by atoms with Crippen LogP contribution in [-0.4, -0.2) is 48.9 Å². The van der Waals surface area contributed by atoms with Crippen molar-refractivity contribution in [1.82, 2.24) is 9.62 Å². The van der Waals surface area contributed by atoms with E-state index in [2.05, 4.69) is 20.7 Å². The van der Waals surface area contributed by atoms with Crippen LogP contribution in [0.4, 0.5) is 4.79 Å². The molecule has 0 aromatic heterocycles. The maximum atomic E-state index is 11.8. The van der Waals surface area contributed by atoms with Crippen LogP contribution in [0.1, 0.15) is 18.9 Å². The fraction of sp³-hybridized carbons (Fsp3) is 0.500. The molecule has 0 spiro atoms. The molecule has 1 aliphatic heterocycles. The van der Waals surface area contributed by atoms with Gasteiger partial charge in [-0.2, -0.15) is 0 Å². The molecule has 22 heavy (non-hydrogen) atoms.